The lowest BCUT2D eigenvalue weighted by Gasteiger charge is -2.17. The molecule has 0 atom stereocenters. The van der Waals surface area contributed by atoms with Crippen molar-refractivity contribution in [2.24, 2.45) is 0 Å². The van der Waals surface area contributed by atoms with Crippen LogP contribution in [0, 0.1) is 0 Å². The number of fused-ring (bicyclic) bond motifs is 1. The maximum atomic E-state index is 11.8. The summed E-state index contributed by atoms with van der Waals surface area (Å²) in [5.74, 6) is 0.604. The number of carbonyl (C=O) groups is 1. The van der Waals surface area contributed by atoms with Gasteiger partial charge in [0.05, 0.1) is 5.56 Å². The van der Waals surface area contributed by atoms with Crippen LogP contribution in [0.2, 0.25) is 0 Å². The van der Waals surface area contributed by atoms with E-state index in [2.05, 4.69) is 17.9 Å². The van der Waals surface area contributed by atoms with Gasteiger partial charge in [-0.2, -0.15) is 12.6 Å². The molecule has 0 saturated heterocycles. The van der Waals surface area contributed by atoms with E-state index in [9.17, 15) is 9.90 Å². The Kier molecular flexibility index (Phi) is 3.43. The lowest BCUT2D eigenvalue weighted by atomic mass is 10.0. The number of phenols is 1. The number of nitrogens with one attached hydrogen (secondary N) is 1. The highest BCUT2D eigenvalue weighted by Gasteiger charge is 2.33. The van der Waals surface area contributed by atoms with Crippen molar-refractivity contribution in [1.29, 1.82) is 0 Å². The zero-order valence-corrected chi connectivity index (χ0v) is 11.4. The molecule has 18 heavy (non-hydrogen) atoms. The van der Waals surface area contributed by atoms with Crippen molar-refractivity contribution in [1.82, 2.24) is 5.32 Å². The van der Waals surface area contributed by atoms with Gasteiger partial charge in [-0.25, -0.2) is 0 Å². The Morgan fingerprint density at radius 2 is 2.28 bits per heavy atom. The molecule has 0 fully saturated rings. The van der Waals surface area contributed by atoms with E-state index < -0.39 is 0 Å². The summed E-state index contributed by atoms with van der Waals surface area (Å²) in [6.45, 7) is 4.37. The lowest BCUT2D eigenvalue weighted by molar-refractivity contribution is 0.0950. The van der Waals surface area contributed by atoms with Crippen LogP contribution in [0.4, 0.5) is 0 Å². The van der Waals surface area contributed by atoms with E-state index in [0.717, 1.165) is 12.0 Å². The molecule has 0 saturated carbocycles. The van der Waals surface area contributed by atoms with Crippen molar-refractivity contribution in [3.8, 4) is 11.5 Å². The van der Waals surface area contributed by atoms with Crippen LogP contribution in [-0.2, 0) is 6.42 Å². The highest BCUT2D eigenvalue weighted by atomic mass is 32.1. The summed E-state index contributed by atoms with van der Waals surface area (Å²) in [6, 6.07) is 3.46. The highest BCUT2D eigenvalue weighted by Crippen LogP contribution is 2.43. The zero-order chi connectivity index (χ0) is 13.3. The zero-order valence-electron chi connectivity index (χ0n) is 10.5. The smallest absolute Gasteiger partial charge is 0.255 e. The first kappa shape index (κ1) is 13.1. The van der Waals surface area contributed by atoms with E-state index in [4.69, 9.17) is 4.74 Å². The maximum Gasteiger partial charge on any atom is 0.255 e. The quantitative estimate of drug-likeness (QED) is 0.731. The van der Waals surface area contributed by atoms with Crippen molar-refractivity contribution in [2.75, 3.05) is 12.3 Å². The number of hydrogen-bond acceptors (Lipinski definition) is 4. The third kappa shape index (κ3) is 2.41. The van der Waals surface area contributed by atoms with Gasteiger partial charge in [0.25, 0.3) is 5.91 Å². The number of ether oxygens (including phenoxy) is 1. The first-order valence-corrected chi connectivity index (χ1v) is 6.51. The monoisotopic (exact) mass is 267 g/mol. The molecule has 1 aromatic carbocycles. The molecule has 98 valence electrons. The SMILES string of the molecule is CC1(C)Cc2ccc(C(=O)NCCS)c(O)c2O1. The molecule has 0 aliphatic carbocycles. The fourth-order valence-electron chi connectivity index (χ4n) is 2.08. The molecular weight excluding hydrogens is 250 g/mol. The summed E-state index contributed by atoms with van der Waals surface area (Å²) < 4.78 is 5.68. The van der Waals surface area contributed by atoms with Crippen molar-refractivity contribution in [3.05, 3.63) is 23.3 Å². The summed E-state index contributed by atoms with van der Waals surface area (Å²) in [4.78, 5) is 11.8. The molecule has 5 heteroatoms. The number of rotatable bonds is 3. The van der Waals surface area contributed by atoms with E-state index in [1.807, 2.05) is 19.9 Å². The largest absolute Gasteiger partial charge is 0.504 e. The minimum atomic E-state index is -0.333. The molecule has 0 radical (unpaired) electrons. The molecule has 2 N–H and O–H groups in total. The molecular formula is C13H17NO3S. The Labute approximate surface area is 112 Å². The molecule has 1 aliphatic heterocycles. The number of aromatic hydroxyl groups is 1. The Morgan fingerprint density at radius 1 is 1.56 bits per heavy atom. The molecule has 1 amide bonds. The number of benzene rings is 1. The van der Waals surface area contributed by atoms with Gasteiger partial charge >= 0.3 is 0 Å². The molecule has 0 bridgehead atoms. The average molecular weight is 267 g/mol. The summed E-state index contributed by atoms with van der Waals surface area (Å²) in [7, 11) is 0. The van der Waals surface area contributed by atoms with Crippen LogP contribution in [0.15, 0.2) is 12.1 Å². The first-order valence-electron chi connectivity index (χ1n) is 5.87. The minimum absolute atomic E-state index is 0.0743. The Morgan fingerprint density at radius 3 is 2.94 bits per heavy atom. The molecule has 1 heterocycles. The van der Waals surface area contributed by atoms with E-state index in [0.29, 0.717) is 18.0 Å². The highest BCUT2D eigenvalue weighted by molar-refractivity contribution is 7.80. The van der Waals surface area contributed by atoms with Crippen LogP contribution in [0.3, 0.4) is 0 Å². The average Bonchev–Trinajstić information content (AvgIpc) is 2.62. The Hall–Kier alpha value is -1.36. The third-order valence-corrected chi connectivity index (χ3v) is 3.07. The summed E-state index contributed by atoms with van der Waals surface area (Å²) in [5.41, 5.74) is 0.844. The number of hydrogen-bond donors (Lipinski definition) is 3. The first-order chi connectivity index (χ1) is 8.44. The van der Waals surface area contributed by atoms with Crippen molar-refractivity contribution >= 4 is 18.5 Å². The second-order valence-electron chi connectivity index (χ2n) is 4.97. The van der Waals surface area contributed by atoms with Crippen LogP contribution in [0.1, 0.15) is 29.8 Å². The Bertz CT molecular complexity index is 485. The fourth-order valence-corrected chi connectivity index (χ4v) is 2.20. The number of thiol groups is 1. The molecule has 4 nitrogen and oxygen atoms in total. The standard InChI is InChI=1S/C13H17NO3S/c1-13(2)7-8-3-4-9(10(15)11(8)17-13)12(16)14-5-6-18/h3-4,15,18H,5-7H2,1-2H3,(H,14,16). The van der Waals surface area contributed by atoms with Crippen LogP contribution in [-0.4, -0.2) is 28.9 Å². The third-order valence-electron chi connectivity index (χ3n) is 2.85. The number of phenolic OH excluding ortho intramolecular Hbond substituents is 1. The van der Waals surface area contributed by atoms with E-state index >= 15 is 0 Å². The second-order valence-corrected chi connectivity index (χ2v) is 5.42. The maximum absolute atomic E-state index is 11.8. The molecule has 1 aromatic rings. The van der Waals surface area contributed by atoms with Crippen LogP contribution in [0.25, 0.3) is 0 Å². The lowest BCUT2D eigenvalue weighted by Crippen LogP contribution is -2.25. The normalized spacial score (nSPS) is 15.9. The summed E-state index contributed by atoms with van der Waals surface area (Å²) >= 11 is 4.02. The predicted octanol–water partition coefficient (Wildman–Crippen LogP) is 1.77. The molecule has 2 rings (SSSR count). The van der Waals surface area contributed by atoms with Gasteiger partial charge in [-0.15, -0.1) is 0 Å². The molecule has 0 spiro atoms. The van der Waals surface area contributed by atoms with Crippen LogP contribution < -0.4 is 10.1 Å². The van der Waals surface area contributed by atoms with Crippen molar-refractivity contribution < 1.29 is 14.6 Å². The molecule has 1 aliphatic rings. The van der Waals surface area contributed by atoms with Gasteiger partial charge < -0.3 is 15.2 Å². The van der Waals surface area contributed by atoms with Crippen LogP contribution >= 0.6 is 12.6 Å². The van der Waals surface area contributed by atoms with Gasteiger partial charge in [-0.05, 0) is 19.9 Å². The summed E-state index contributed by atoms with van der Waals surface area (Å²) in [6.07, 6.45) is 0.731. The second kappa shape index (κ2) is 4.72. The van der Waals surface area contributed by atoms with Gasteiger partial charge in [0.1, 0.15) is 5.60 Å². The van der Waals surface area contributed by atoms with Gasteiger partial charge in [-0.1, -0.05) is 6.07 Å². The fraction of sp³-hybridized carbons (Fsp3) is 0.462. The van der Waals surface area contributed by atoms with Gasteiger partial charge in [0.15, 0.2) is 11.5 Å². The van der Waals surface area contributed by atoms with Crippen molar-refractivity contribution in [3.63, 3.8) is 0 Å². The van der Waals surface area contributed by atoms with Gasteiger partial charge in [-0.3, -0.25) is 4.79 Å². The van der Waals surface area contributed by atoms with Crippen molar-refractivity contribution in [2.45, 2.75) is 25.9 Å². The van der Waals surface area contributed by atoms with Gasteiger partial charge in [0, 0.05) is 24.3 Å². The number of carbonyl (C=O) groups excluding carboxylic acids is 1. The predicted molar refractivity (Wildman–Crippen MR) is 72.7 cm³/mol. The molecule has 0 aromatic heterocycles. The van der Waals surface area contributed by atoms with E-state index in [-0.39, 0.29) is 22.8 Å². The molecule has 0 unspecified atom stereocenters. The topological polar surface area (TPSA) is 58.6 Å². The Balaban J connectivity index is 2.29. The number of amides is 1. The van der Waals surface area contributed by atoms with Gasteiger partial charge in [0.2, 0.25) is 0 Å². The van der Waals surface area contributed by atoms with E-state index in [1.54, 1.807) is 6.07 Å². The van der Waals surface area contributed by atoms with Crippen LogP contribution in [0.5, 0.6) is 11.5 Å². The summed E-state index contributed by atoms with van der Waals surface area (Å²) in [5, 5.41) is 12.8. The minimum Gasteiger partial charge on any atom is -0.504 e. The van der Waals surface area contributed by atoms with E-state index in [1.165, 1.54) is 0 Å².